The zero-order valence-electron chi connectivity index (χ0n) is 6.11. The summed E-state index contributed by atoms with van der Waals surface area (Å²) in [7, 11) is 0. The first-order valence-corrected chi connectivity index (χ1v) is 3.95. The van der Waals surface area contributed by atoms with E-state index < -0.39 is 0 Å². The fourth-order valence-electron chi connectivity index (χ4n) is 0.641. The molecule has 11 heavy (non-hydrogen) atoms. The quantitative estimate of drug-likeness (QED) is 0.636. The van der Waals surface area contributed by atoms with Gasteiger partial charge in [0.25, 0.3) is 0 Å². The minimum atomic E-state index is -0.205. The van der Waals surface area contributed by atoms with Crippen LogP contribution in [0.4, 0.5) is 5.13 Å². The van der Waals surface area contributed by atoms with Crippen LogP contribution in [0.1, 0.15) is 12.6 Å². The van der Waals surface area contributed by atoms with Gasteiger partial charge in [-0.1, -0.05) is 0 Å². The zero-order chi connectivity index (χ0) is 8.27. The number of hydrogen-bond donors (Lipinski definition) is 2. The number of hydrogen-bond acceptors (Lipinski definition) is 5. The smallest absolute Gasteiger partial charge is 0.180 e. The Hall–Kier alpha value is -0.940. The van der Waals surface area contributed by atoms with E-state index in [0.29, 0.717) is 10.8 Å². The third-order valence-electron chi connectivity index (χ3n) is 1.20. The van der Waals surface area contributed by atoms with Crippen LogP contribution in [-0.2, 0) is 0 Å². The van der Waals surface area contributed by atoms with Crippen molar-refractivity contribution in [1.82, 2.24) is 4.98 Å². The Morgan fingerprint density at radius 3 is 3.09 bits per heavy atom. The predicted octanol–water partition coefficient (Wildman–Crippen LogP) is 0.484. The molecule has 0 amide bonds. The third kappa shape index (κ3) is 1.99. The van der Waals surface area contributed by atoms with Gasteiger partial charge < -0.3 is 10.8 Å². The molecule has 1 aromatic heterocycles. The van der Waals surface area contributed by atoms with Gasteiger partial charge in [0.15, 0.2) is 5.13 Å². The van der Waals surface area contributed by atoms with Gasteiger partial charge in [-0.2, -0.15) is 0 Å². The van der Waals surface area contributed by atoms with Crippen molar-refractivity contribution in [1.29, 1.82) is 0 Å². The molecule has 0 aliphatic heterocycles. The molecule has 0 radical (unpaired) electrons. The maximum absolute atomic E-state index is 8.46. The molecule has 0 saturated carbocycles. The highest BCUT2D eigenvalue weighted by Gasteiger charge is 2.00. The summed E-state index contributed by atoms with van der Waals surface area (Å²) in [6.07, 6.45) is 0. The summed E-state index contributed by atoms with van der Waals surface area (Å²) in [5.74, 6) is 0. The van der Waals surface area contributed by atoms with Crippen molar-refractivity contribution in [3.8, 4) is 0 Å². The molecule has 0 aliphatic rings. The summed E-state index contributed by atoms with van der Waals surface area (Å²) in [6.45, 7) is 1.58. The van der Waals surface area contributed by atoms with Crippen LogP contribution in [-0.4, -0.2) is 22.5 Å². The molecule has 1 rings (SSSR count). The Bertz CT molecular complexity index is 269. The molecule has 4 nitrogen and oxygen atoms in total. The lowest BCUT2D eigenvalue weighted by Crippen LogP contribution is -1.96. The lowest BCUT2D eigenvalue weighted by molar-refractivity contribution is 0.309. The van der Waals surface area contributed by atoms with Crippen LogP contribution in [0.15, 0.2) is 10.4 Å². The summed E-state index contributed by atoms with van der Waals surface area (Å²) in [4.78, 5) is 7.75. The normalized spacial score (nSPS) is 12.0. The summed E-state index contributed by atoms with van der Waals surface area (Å²) >= 11 is 1.36. The van der Waals surface area contributed by atoms with Gasteiger partial charge in [-0.15, -0.1) is 11.3 Å². The van der Waals surface area contributed by atoms with Gasteiger partial charge in [0, 0.05) is 5.38 Å². The van der Waals surface area contributed by atoms with Gasteiger partial charge in [0.2, 0.25) is 0 Å². The molecule has 0 aromatic carbocycles. The number of nitrogen functional groups attached to an aromatic ring is 1. The minimum Gasteiger partial charge on any atom is -0.375 e. The van der Waals surface area contributed by atoms with Gasteiger partial charge in [-0.05, 0) is 6.92 Å². The first kappa shape index (κ1) is 8.16. The first-order valence-electron chi connectivity index (χ1n) is 3.07. The number of aliphatic hydroxyl groups is 1. The Morgan fingerprint density at radius 1 is 1.91 bits per heavy atom. The molecule has 1 heterocycles. The molecule has 0 atom stereocenters. The van der Waals surface area contributed by atoms with Crippen molar-refractivity contribution in [2.75, 3.05) is 12.5 Å². The van der Waals surface area contributed by atoms with E-state index in [4.69, 9.17) is 10.8 Å². The molecule has 0 bridgehead atoms. The van der Waals surface area contributed by atoms with E-state index in [2.05, 4.69) is 9.98 Å². The second-order valence-electron chi connectivity index (χ2n) is 1.96. The van der Waals surface area contributed by atoms with E-state index in [-0.39, 0.29) is 6.73 Å². The highest BCUT2D eigenvalue weighted by atomic mass is 32.1. The Kier molecular flexibility index (Phi) is 2.56. The summed E-state index contributed by atoms with van der Waals surface area (Å²) in [5, 5.41) is 10.8. The van der Waals surface area contributed by atoms with E-state index in [0.717, 1.165) is 5.69 Å². The molecule has 0 unspecified atom stereocenters. The maximum atomic E-state index is 8.46. The number of rotatable bonds is 2. The van der Waals surface area contributed by atoms with Gasteiger partial charge in [-0.25, -0.2) is 4.98 Å². The number of nitrogens with zero attached hydrogens (tertiary/aromatic N) is 2. The van der Waals surface area contributed by atoms with Crippen LogP contribution in [0.25, 0.3) is 0 Å². The minimum absolute atomic E-state index is 0.205. The number of aromatic nitrogens is 1. The van der Waals surface area contributed by atoms with E-state index in [1.807, 2.05) is 5.38 Å². The van der Waals surface area contributed by atoms with Crippen LogP contribution in [0, 0.1) is 0 Å². The Morgan fingerprint density at radius 2 is 2.64 bits per heavy atom. The van der Waals surface area contributed by atoms with E-state index in [1.165, 1.54) is 11.3 Å². The number of aliphatic hydroxyl groups excluding tert-OH is 1. The highest BCUT2D eigenvalue weighted by molar-refractivity contribution is 7.13. The van der Waals surface area contributed by atoms with Gasteiger partial charge >= 0.3 is 0 Å². The van der Waals surface area contributed by atoms with E-state index in [9.17, 15) is 0 Å². The summed E-state index contributed by atoms with van der Waals surface area (Å²) < 4.78 is 0. The fraction of sp³-hybridized carbons (Fsp3) is 0.333. The SMILES string of the molecule is CC(=NCO)c1csc(N)n1. The molecule has 5 heteroatoms. The van der Waals surface area contributed by atoms with Gasteiger partial charge in [0.1, 0.15) is 6.73 Å². The van der Waals surface area contributed by atoms with Gasteiger partial charge in [-0.3, -0.25) is 4.99 Å². The predicted molar refractivity (Wildman–Crippen MR) is 45.8 cm³/mol. The molecule has 0 aliphatic carbocycles. The standard InChI is InChI=1S/C6H9N3OS/c1-4(8-3-10)5-2-11-6(7)9-5/h2,10H,3H2,1H3,(H2,7,9). The van der Waals surface area contributed by atoms with Crippen molar-refractivity contribution in [3.63, 3.8) is 0 Å². The fourth-order valence-corrected chi connectivity index (χ4v) is 1.25. The molecule has 60 valence electrons. The molecular weight excluding hydrogens is 162 g/mol. The summed E-state index contributed by atoms with van der Waals surface area (Å²) in [6, 6.07) is 0. The molecule has 3 N–H and O–H groups in total. The van der Waals surface area contributed by atoms with E-state index in [1.54, 1.807) is 6.92 Å². The Labute approximate surface area is 68.4 Å². The zero-order valence-corrected chi connectivity index (χ0v) is 6.93. The number of nitrogens with two attached hydrogens (primary N) is 1. The third-order valence-corrected chi connectivity index (χ3v) is 1.87. The van der Waals surface area contributed by atoms with Gasteiger partial charge in [0.05, 0.1) is 11.4 Å². The molecule has 0 saturated heterocycles. The lowest BCUT2D eigenvalue weighted by Gasteiger charge is -1.91. The van der Waals surface area contributed by atoms with E-state index >= 15 is 0 Å². The van der Waals surface area contributed by atoms with Crippen LogP contribution in [0.5, 0.6) is 0 Å². The topological polar surface area (TPSA) is 71.5 Å². The summed E-state index contributed by atoms with van der Waals surface area (Å²) in [5.41, 5.74) is 6.85. The molecular formula is C6H9N3OS. The Balaban J connectivity index is 2.84. The first-order chi connectivity index (χ1) is 5.24. The second kappa shape index (κ2) is 3.45. The number of aliphatic imine (C=N–C) groups is 1. The second-order valence-corrected chi connectivity index (χ2v) is 2.85. The van der Waals surface area contributed by atoms with Crippen LogP contribution >= 0.6 is 11.3 Å². The van der Waals surface area contributed by atoms with Crippen molar-refractivity contribution in [3.05, 3.63) is 11.1 Å². The van der Waals surface area contributed by atoms with Crippen molar-refractivity contribution < 1.29 is 5.11 Å². The van der Waals surface area contributed by atoms with Crippen LogP contribution in [0.3, 0.4) is 0 Å². The molecule has 1 aromatic rings. The molecule has 0 fully saturated rings. The average molecular weight is 171 g/mol. The van der Waals surface area contributed by atoms with Crippen LogP contribution in [0.2, 0.25) is 0 Å². The number of thiazole rings is 1. The van der Waals surface area contributed by atoms with Crippen LogP contribution < -0.4 is 5.73 Å². The van der Waals surface area contributed by atoms with Crippen molar-refractivity contribution >= 4 is 22.2 Å². The largest absolute Gasteiger partial charge is 0.375 e. The number of anilines is 1. The monoisotopic (exact) mass is 171 g/mol. The average Bonchev–Trinajstić information content (AvgIpc) is 2.36. The molecule has 0 spiro atoms. The highest BCUT2D eigenvalue weighted by Crippen LogP contribution is 2.11. The van der Waals surface area contributed by atoms with Crippen molar-refractivity contribution in [2.24, 2.45) is 4.99 Å². The maximum Gasteiger partial charge on any atom is 0.180 e. The lowest BCUT2D eigenvalue weighted by atomic mass is 10.3. The van der Waals surface area contributed by atoms with Crippen molar-refractivity contribution in [2.45, 2.75) is 6.92 Å².